The Kier molecular flexibility index (Phi) is 3.08. The van der Waals surface area contributed by atoms with Crippen LogP contribution in [0, 0.1) is 6.92 Å². The number of nitrogens with zero attached hydrogens (tertiary/aromatic N) is 1. The van der Waals surface area contributed by atoms with Gasteiger partial charge in [0.15, 0.2) is 5.76 Å². The number of benzene rings is 1. The lowest BCUT2D eigenvalue weighted by Gasteiger charge is -2.08. The first-order valence-corrected chi connectivity index (χ1v) is 5.34. The molecule has 0 atom stereocenters. The van der Waals surface area contributed by atoms with E-state index in [9.17, 15) is 0 Å². The molecule has 84 valence electrons. The monoisotopic (exact) mass is 257 g/mol. The molecule has 0 radical (unpaired) electrons. The van der Waals surface area contributed by atoms with Crippen LogP contribution >= 0.6 is 23.2 Å². The maximum atomic E-state index is 6.02. The number of ether oxygens (including phenoxy) is 1. The lowest BCUT2D eigenvalue weighted by atomic mass is 10.1. The highest BCUT2D eigenvalue weighted by atomic mass is 35.5. The number of aromatic nitrogens is 1. The first-order valence-electron chi connectivity index (χ1n) is 4.58. The SMILES string of the molecule is COc1c(Cl)cc(Cl)cc1-c1cc(C)no1. The predicted octanol–water partition coefficient (Wildman–Crippen LogP) is 3.97. The first kappa shape index (κ1) is 11.3. The van der Waals surface area contributed by atoms with Crippen molar-refractivity contribution >= 4 is 23.2 Å². The summed E-state index contributed by atoms with van der Waals surface area (Å²) in [6, 6.07) is 5.14. The topological polar surface area (TPSA) is 35.3 Å². The molecule has 0 aliphatic heterocycles. The Bertz CT molecular complexity index is 523. The van der Waals surface area contributed by atoms with Gasteiger partial charge in [0.1, 0.15) is 5.75 Å². The zero-order valence-electron chi connectivity index (χ0n) is 8.75. The smallest absolute Gasteiger partial charge is 0.170 e. The van der Waals surface area contributed by atoms with Crippen molar-refractivity contribution in [1.82, 2.24) is 5.16 Å². The molecule has 0 unspecified atom stereocenters. The van der Waals surface area contributed by atoms with Gasteiger partial charge in [-0.3, -0.25) is 0 Å². The maximum Gasteiger partial charge on any atom is 0.170 e. The van der Waals surface area contributed by atoms with E-state index < -0.39 is 0 Å². The van der Waals surface area contributed by atoms with Crippen molar-refractivity contribution in [2.75, 3.05) is 7.11 Å². The van der Waals surface area contributed by atoms with Gasteiger partial charge in [0.2, 0.25) is 0 Å². The molecular formula is C11H9Cl2NO2. The third kappa shape index (κ3) is 2.01. The van der Waals surface area contributed by atoms with Gasteiger partial charge in [-0.25, -0.2) is 0 Å². The Labute approximate surface area is 103 Å². The molecule has 0 fully saturated rings. The molecule has 3 nitrogen and oxygen atoms in total. The number of methoxy groups -OCH3 is 1. The van der Waals surface area contributed by atoms with Crippen molar-refractivity contribution in [3.05, 3.63) is 33.9 Å². The van der Waals surface area contributed by atoms with E-state index in [2.05, 4.69) is 5.16 Å². The standard InChI is InChI=1S/C11H9Cl2NO2/c1-6-3-10(16-14-6)8-4-7(12)5-9(13)11(8)15-2/h3-5H,1-2H3. The molecule has 2 aromatic rings. The van der Waals surface area contributed by atoms with Crippen molar-refractivity contribution in [1.29, 1.82) is 0 Å². The summed E-state index contributed by atoms with van der Waals surface area (Å²) in [6.07, 6.45) is 0. The average Bonchev–Trinajstić information content (AvgIpc) is 2.63. The van der Waals surface area contributed by atoms with Gasteiger partial charge < -0.3 is 9.26 Å². The van der Waals surface area contributed by atoms with Crippen molar-refractivity contribution < 1.29 is 9.26 Å². The summed E-state index contributed by atoms with van der Waals surface area (Å²) in [6.45, 7) is 1.84. The summed E-state index contributed by atoms with van der Waals surface area (Å²) in [7, 11) is 1.54. The van der Waals surface area contributed by atoms with Gasteiger partial charge in [-0.05, 0) is 19.1 Å². The van der Waals surface area contributed by atoms with Crippen LogP contribution in [0.5, 0.6) is 5.75 Å². The van der Waals surface area contributed by atoms with E-state index in [1.807, 2.05) is 6.92 Å². The fourth-order valence-corrected chi connectivity index (χ4v) is 2.01. The van der Waals surface area contributed by atoms with Crippen molar-refractivity contribution in [2.45, 2.75) is 6.92 Å². The Balaban J connectivity index is 2.63. The molecule has 0 amide bonds. The van der Waals surface area contributed by atoms with Gasteiger partial charge in [0.05, 0.1) is 23.4 Å². The van der Waals surface area contributed by atoms with Crippen LogP contribution in [0.25, 0.3) is 11.3 Å². The lowest BCUT2D eigenvalue weighted by molar-refractivity contribution is 0.405. The number of hydrogen-bond acceptors (Lipinski definition) is 3. The molecule has 0 saturated carbocycles. The molecule has 1 aromatic heterocycles. The van der Waals surface area contributed by atoms with Gasteiger partial charge in [-0.1, -0.05) is 28.4 Å². The normalized spacial score (nSPS) is 10.5. The molecule has 0 aliphatic carbocycles. The van der Waals surface area contributed by atoms with E-state index in [4.69, 9.17) is 32.5 Å². The Hall–Kier alpha value is -1.19. The van der Waals surface area contributed by atoms with Crippen LogP contribution in [-0.2, 0) is 0 Å². The average molecular weight is 258 g/mol. The third-order valence-electron chi connectivity index (χ3n) is 2.11. The molecule has 5 heteroatoms. The maximum absolute atomic E-state index is 6.02. The summed E-state index contributed by atoms with van der Waals surface area (Å²) in [5.41, 5.74) is 1.48. The minimum absolute atomic E-state index is 0.444. The van der Waals surface area contributed by atoms with Crippen LogP contribution in [0.15, 0.2) is 22.7 Å². The molecule has 0 aliphatic rings. The lowest BCUT2D eigenvalue weighted by Crippen LogP contribution is -1.88. The highest BCUT2D eigenvalue weighted by Crippen LogP contribution is 2.38. The summed E-state index contributed by atoms with van der Waals surface area (Å²) in [5.74, 6) is 1.11. The zero-order chi connectivity index (χ0) is 11.7. The van der Waals surface area contributed by atoms with Crippen LogP contribution in [0.1, 0.15) is 5.69 Å². The summed E-state index contributed by atoms with van der Waals surface area (Å²) >= 11 is 12.0. The van der Waals surface area contributed by atoms with Gasteiger partial charge in [-0.15, -0.1) is 0 Å². The highest BCUT2D eigenvalue weighted by Gasteiger charge is 2.15. The second-order valence-corrected chi connectivity index (χ2v) is 4.14. The van der Waals surface area contributed by atoms with Crippen molar-refractivity contribution in [3.8, 4) is 17.1 Å². The molecule has 0 saturated heterocycles. The van der Waals surface area contributed by atoms with E-state index in [0.717, 1.165) is 5.69 Å². The van der Waals surface area contributed by atoms with Crippen LogP contribution in [0.2, 0.25) is 10.0 Å². The minimum atomic E-state index is 0.444. The van der Waals surface area contributed by atoms with Crippen LogP contribution < -0.4 is 4.74 Å². The molecule has 1 aromatic carbocycles. The zero-order valence-corrected chi connectivity index (χ0v) is 10.3. The minimum Gasteiger partial charge on any atom is -0.494 e. The third-order valence-corrected chi connectivity index (χ3v) is 2.60. The number of hydrogen-bond donors (Lipinski definition) is 0. The van der Waals surface area contributed by atoms with E-state index in [1.165, 1.54) is 0 Å². The summed E-state index contributed by atoms with van der Waals surface area (Å²) < 4.78 is 10.4. The second kappa shape index (κ2) is 4.36. The van der Waals surface area contributed by atoms with Gasteiger partial charge >= 0.3 is 0 Å². The Morgan fingerprint density at radius 2 is 2.00 bits per heavy atom. The van der Waals surface area contributed by atoms with Crippen LogP contribution in [-0.4, -0.2) is 12.3 Å². The molecule has 0 bridgehead atoms. The van der Waals surface area contributed by atoms with E-state index in [1.54, 1.807) is 25.3 Å². The van der Waals surface area contributed by atoms with Gasteiger partial charge in [-0.2, -0.15) is 0 Å². The molecular weight excluding hydrogens is 249 g/mol. The molecule has 0 N–H and O–H groups in total. The quantitative estimate of drug-likeness (QED) is 0.817. The van der Waals surface area contributed by atoms with Crippen LogP contribution in [0.3, 0.4) is 0 Å². The Morgan fingerprint density at radius 1 is 1.25 bits per heavy atom. The molecule has 2 rings (SSSR count). The van der Waals surface area contributed by atoms with E-state index in [-0.39, 0.29) is 0 Å². The number of halogens is 2. The first-order chi connectivity index (χ1) is 7.61. The summed E-state index contributed by atoms with van der Waals surface area (Å²) in [5, 5.41) is 4.78. The molecule has 16 heavy (non-hydrogen) atoms. The second-order valence-electron chi connectivity index (χ2n) is 3.30. The van der Waals surface area contributed by atoms with Gasteiger partial charge in [0, 0.05) is 11.1 Å². The predicted molar refractivity (Wildman–Crippen MR) is 63.2 cm³/mol. The summed E-state index contributed by atoms with van der Waals surface area (Å²) in [4.78, 5) is 0. The Morgan fingerprint density at radius 3 is 2.56 bits per heavy atom. The van der Waals surface area contributed by atoms with Crippen molar-refractivity contribution in [3.63, 3.8) is 0 Å². The molecule has 1 heterocycles. The van der Waals surface area contributed by atoms with E-state index in [0.29, 0.717) is 27.1 Å². The molecule has 0 spiro atoms. The van der Waals surface area contributed by atoms with E-state index >= 15 is 0 Å². The number of aryl methyl sites for hydroxylation is 1. The number of rotatable bonds is 2. The fourth-order valence-electron chi connectivity index (χ4n) is 1.44. The van der Waals surface area contributed by atoms with Crippen molar-refractivity contribution in [2.24, 2.45) is 0 Å². The van der Waals surface area contributed by atoms with Crippen LogP contribution in [0.4, 0.5) is 0 Å². The highest BCUT2D eigenvalue weighted by molar-refractivity contribution is 6.36. The fraction of sp³-hybridized carbons (Fsp3) is 0.182. The van der Waals surface area contributed by atoms with Gasteiger partial charge in [0.25, 0.3) is 0 Å². The largest absolute Gasteiger partial charge is 0.494 e.